The standard InChI is InChI=1S/C24H18F3N3O2/c25-24(26,27)21-14-20(10-11-22(21)30-13-12-28-16-30)32-15-23(31)29-19-8-6-18(7-9-19)17-4-2-1-3-5-17/h1-14,16H,15H2,(H,29,31). The van der Waals surface area contributed by atoms with Crippen molar-refractivity contribution in [1.82, 2.24) is 9.55 Å². The second-order valence-corrected chi connectivity index (χ2v) is 6.93. The smallest absolute Gasteiger partial charge is 0.418 e. The van der Waals surface area contributed by atoms with Crippen molar-refractivity contribution in [3.63, 3.8) is 0 Å². The van der Waals surface area contributed by atoms with Crippen LogP contribution in [0.4, 0.5) is 18.9 Å². The van der Waals surface area contributed by atoms with E-state index in [1.54, 1.807) is 12.1 Å². The van der Waals surface area contributed by atoms with Gasteiger partial charge in [-0.3, -0.25) is 4.79 Å². The Kier molecular flexibility index (Phi) is 5.93. The van der Waals surface area contributed by atoms with Gasteiger partial charge in [0.15, 0.2) is 6.61 Å². The number of hydrogen-bond donors (Lipinski definition) is 1. The molecule has 0 aliphatic heterocycles. The van der Waals surface area contributed by atoms with Gasteiger partial charge in [0.1, 0.15) is 5.75 Å². The van der Waals surface area contributed by atoms with E-state index in [-0.39, 0.29) is 11.4 Å². The Morgan fingerprint density at radius 1 is 0.969 bits per heavy atom. The Labute approximate surface area is 182 Å². The molecule has 5 nitrogen and oxygen atoms in total. The number of carbonyl (C=O) groups is 1. The maximum atomic E-state index is 13.5. The van der Waals surface area contributed by atoms with E-state index in [4.69, 9.17) is 4.74 Å². The van der Waals surface area contributed by atoms with Crippen LogP contribution in [0.3, 0.4) is 0 Å². The van der Waals surface area contributed by atoms with Crippen LogP contribution in [-0.2, 0) is 11.0 Å². The van der Waals surface area contributed by atoms with Gasteiger partial charge in [0.05, 0.1) is 17.6 Å². The first kappa shape index (κ1) is 21.2. The number of anilines is 1. The molecular weight excluding hydrogens is 419 g/mol. The van der Waals surface area contributed by atoms with E-state index in [2.05, 4.69) is 10.3 Å². The normalized spacial score (nSPS) is 11.2. The number of amides is 1. The van der Waals surface area contributed by atoms with E-state index in [0.717, 1.165) is 17.2 Å². The van der Waals surface area contributed by atoms with Gasteiger partial charge in [-0.25, -0.2) is 4.98 Å². The first-order valence-corrected chi connectivity index (χ1v) is 9.68. The molecule has 4 aromatic rings. The van der Waals surface area contributed by atoms with Gasteiger partial charge in [0.2, 0.25) is 0 Å². The third-order valence-electron chi connectivity index (χ3n) is 4.70. The van der Waals surface area contributed by atoms with E-state index in [1.807, 2.05) is 42.5 Å². The summed E-state index contributed by atoms with van der Waals surface area (Å²) >= 11 is 0. The quantitative estimate of drug-likeness (QED) is 0.429. The number of nitrogens with one attached hydrogen (secondary N) is 1. The zero-order valence-electron chi connectivity index (χ0n) is 16.7. The van der Waals surface area contributed by atoms with Crippen molar-refractivity contribution in [2.24, 2.45) is 0 Å². The summed E-state index contributed by atoms with van der Waals surface area (Å²) in [5.41, 5.74) is 1.64. The molecule has 0 saturated heterocycles. The molecule has 0 aliphatic rings. The lowest BCUT2D eigenvalue weighted by atomic mass is 10.1. The van der Waals surface area contributed by atoms with Crippen LogP contribution >= 0.6 is 0 Å². The summed E-state index contributed by atoms with van der Waals surface area (Å²) in [5.74, 6) is -0.541. The highest BCUT2D eigenvalue weighted by atomic mass is 19.4. The monoisotopic (exact) mass is 437 g/mol. The summed E-state index contributed by atoms with van der Waals surface area (Å²) in [5, 5.41) is 2.67. The van der Waals surface area contributed by atoms with Crippen molar-refractivity contribution in [2.75, 3.05) is 11.9 Å². The van der Waals surface area contributed by atoms with Gasteiger partial charge in [-0.2, -0.15) is 13.2 Å². The number of rotatable bonds is 6. The van der Waals surface area contributed by atoms with E-state index in [9.17, 15) is 18.0 Å². The molecule has 0 atom stereocenters. The highest BCUT2D eigenvalue weighted by Crippen LogP contribution is 2.36. The van der Waals surface area contributed by atoms with Crippen LogP contribution in [0.2, 0.25) is 0 Å². The molecule has 0 fully saturated rings. The number of carbonyl (C=O) groups excluding carboxylic acids is 1. The SMILES string of the molecule is O=C(COc1ccc(-n2ccnc2)c(C(F)(F)F)c1)Nc1ccc(-c2ccccc2)cc1. The lowest BCUT2D eigenvalue weighted by molar-refractivity contribution is -0.137. The highest BCUT2D eigenvalue weighted by Gasteiger charge is 2.34. The fourth-order valence-electron chi connectivity index (χ4n) is 3.18. The molecular formula is C24H18F3N3O2. The lowest BCUT2D eigenvalue weighted by Crippen LogP contribution is -2.20. The second kappa shape index (κ2) is 8.97. The predicted molar refractivity (Wildman–Crippen MR) is 115 cm³/mol. The minimum Gasteiger partial charge on any atom is -0.484 e. The maximum absolute atomic E-state index is 13.5. The molecule has 0 bridgehead atoms. The van der Waals surface area contributed by atoms with Crippen LogP contribution in [0, 0.1) is 0 Å². The van der Waals surface area contributed by atoms with E-state index >= 15 is 0 Å². The van der Waals surface area contributed by atoms with Crippen molar-refractivity contribution in [2.45, 2.75) is 6.18 Å². The third kappa shape index (κ3) is 4.97. The van der Waals surface area contributed by atoms with E-state index in [0.29, 0.717) is 5.69 Å². The predicted octanol–water partition coefficient (Wildman–Crippen LogP) is 5.58. The molecule has 32 heavy (non-hydrogen) atoms. The minimum atomic E-state index is -4.60. The minimum absolute atomic E-state index is 0.0595. The van der Waals surface area contributed by atoms with Gasteiger partial charge >= 0.3 is 6.18 Å². The lowest BCUT2D eigenvalue weighted by Gasteiger charge is -2.15. The molecule has 1 N–H and O–H groups in total. The maximum Gasteiger partial charge on any atom is 0.418 e. The van der Waals surface area contributed by atoms with Gasteiger partial charge in [-0.1, -0.05) is 42.5 Å². The topological polar surface area (TPSA) is 56.2 Å². The van der Waals surface area contributed by atoms with Crippen molar-refractivity contribution < 1.29 is 22.7 Å². The largest absolute Gasteiger partial charge is 0.484 e. The molecule has 0 saturated carbocycles. The summed E-state index contributed by atoms with van der Waals surface area (Å²) < 4.78 is 47.0. The van der Waals surface area contributed by atoms with Gasteiger partial charge in [-0.05, 0) is 41.5 Å². The van der Waals surface area contributed by atoms with Crippen molar-refractivity contribution in [3.05, 3.63) is 97.1 Å². The van der Waals surface area contributed by atoms with Gasteiger partial charge in [0, 0.05) is 18.1 Å². The van der Waals surface area contributed by atoms with Gasteiger partial charge in [-0.15, -0.1) is 0 Å². The van der Waals surface area contributed by atoms with Crippen molar-refractivity contribution in [1.29, 1.82) is 0 Å². The Hall–Kier alpha value is -4.07. The first-order valence-electron chi connectivity index (χ1n) is 9.68. The second-order valence-electron chi connectivity index (χ2n) is 6.93. The van der Waals surface area contributed by atoms with Crippen molar-refractivity contribution >= 4 is 11.6 Å². The summed E-state index contributed by atoms with van der Waals surface area (Å²) in [4.78, 5) is 16.0. The molecule has 1 heterocycles. The number of nitrogens with zero attached hydrogens (tertiary/aromatic N) is 2. The van der Waals surface area contributed by atoms with E-state index in [1.165, 1.54) is 35.4 Å². The summed E-state index contributed by atoms with van der Waals surface area (Å²) in [7, 11) is 0. The number of alkyl halides is 3. The number of benzene rings is 3. The van der Waals surface area contributed by atoms with Crippen LogP contribution < -0.4 is 10.1 Å². The number of halogens is 3. The molecule has 162 valence electrons. The molecule has 3 aromatic carbocycles. The van der Waals surface area contributed by atoms with Crippen LogP contribution in [0.25, 0.3) is 16.8 Å². The molecule has 1 aromatic heterocycles. The zero-order valence-corrected chi connectivity index (χ0v) is 16.7. The molecule has 0 aliphatic carbocycles. The average molecular weight is 437 g/mol. The molecule has 1 amide bonds. The van der Waals surface area contributed by atoms with Crippen LogP contribution in [-0.4, -0.2) is 22.1 Å². The number of hydrogen-bond acceptors (Lipinski definition) is 3. The first-order chi connectivity index (χ1) is 15.4. The molecule has 0 unspecified atom stereocenters. The number of aromatic nitrogens is 2. The Morgan fingerprint density at radius 3 is 2.34 bits per heavy atom. The van der Waals surface area contributed by atoms with Gasteiger partial charge in [0.25, 0.3) is 5.91 Å². The molecule has 4 rings (SSSR count). The fourth-order valence-corrected chi connectivity index (χ4v) is 3.18. The van der Waals surface area contributed by atoms with Gasteiger partial charge < -0.3 is 14.6 Å². The summed E-state index contributed by atoms with van der Waals surface area (Å²) in [6, 6.07) is 20.5. The third-order valence-corrected chi connectivity index (χ3v) is 4.70. The number of ether oxygens (including phenoxy) is 1. The molecule has 0 spiro atoms. The zero-order chi connectivity index (χ0) is 22.6. The Morgan fingerprint density at radius 2 is 1.69 bits per heavy atom. The van der Waals surface area contributed by atoms with Crippen LogP contribution in [0.5, 0.6) is 5.75 Å². The van der Waals surface area contributed by atoms with Crippen LogP contribution in [0.15, 0.2) is 91.5 Å². The van der Waals surface area contributed by atoms with Crippen molar-refractivity contribution in [3.8, 4) is 22.6 Å². The number of imidazole rings is 1. The van der Waals surface area contributed by atoms with E-state index < -0.39 is 24.3 Å². The summed E-state index contributed by atoms with van der Waals surface area (Å²) in [6.45, 7) is -0.428. The molecule has 8 heteroatoms. The van der Waals surface area contributed by atoms with Crippen LogP contribution in [0.1, 0.15) is 5.56 Å². The molecule has 0 radical (unpaired) electrons. The highest BCUT2D eigenvalue weighted by molar-refractivity contribution is 5.92. The Bertz CT molecular complexity index is 1190. The average Bonchev–Trinajstić information content (AvgIpc) is 3.33. The Balaban J connectivity index is 1.41. The summed E-state index contributed by atoms with van der Waals surface area (Å²) in [6.07, 6.45) is -0.508. The fraction of sp³-hybridized carbons (Fsp3) is 0.0833.